The van der Waals surface area contributed by atoms with Gasteiger partial charge in [0.15, 0.2) is 0 Å². The van der Waals surface area contributed by atoms with E-state index in [1.807, 2.05) is 0 Å². The standard InChI is InChI=1S/C30H50O4/c1-5-29(6-2,23-21-25-15-11-9-12-16-25)33-27(31)19-20-28(32)34-30(7-3,8-4)24-22-26-17-13-10-14-18-26/h21-22H,5-20,23-24H2,1-4H3. The zero-order valence-corrected chi connectivity index (χ0v) is 22.5. The number of carbonyl (C=O) groups excluding carboxylic acids is 2. The van der Waals surface area contributed by atoms with Crippen molar-refractivity contribution in [1.29, 1.82) is 0 Å². The summed E-state index contributed by atoms with van der Waals surface area (Å²) < 4.78 is 12.0. The van der Waals surface area contributed by atoms with Crippen LogP contribution in [0, 0.1) is 0 Å². The third-order valence-corrected chi connectivity index (χ3v) is 8.29. The van der Waals surface area contributed by atoms with E-state index in [9.17, 15) is 9.59 Å². The lowest BCUT2D eigenvalue weighted by Gasteiger charge is -2.32. The molecule has 34 heavy (non-hydrogen) atoms. The van der Waals surface area contributed by atoms with Crippen molar-refractivity contribution in [2.75, 3.05) is 0 Å². The number of ether oxygens (including phenoxy) is 2. The smallest absolute Gasteiger partial charge is 0.306 e. The second kappa shape index (κ2) is 14.7. The lowest BCUT2D eigenvalue weighted by Crippen LogP contribution is -2.35. The molecule has 0 N–H and O–H groups in total. The molecule has 0 amide bonds. The van der Waals surface area contributed by atoms with Gasteiger partial charge in [-0.25, -0.2) is 0 Å². The van der Waals surface area contributed by atoms with Gasteiger partial charge >= 0.3 is 11.9 Å². The molecule has 2 aliphatic rings. The van der Waals surface area contributed by atoms with Crippen molar-refractivity contribution in [3.63, 3.8) is 0 Å². The molecule has 0 aliphatic heterocycles. The van der Waals surface area contributed by atoms with E-state index in [0.717, 1.165) is 38.5 Å². The van der Waals surface area contributed by atoms with Gasteiger partial charge in [-0.05, 0) is 77.0 Å². The molecule has 4 nitrogen and oxygen atoms in total. The van der Waals surface area contributed by atoms with E-state index in [-0.39, 0.29) is 24.8 Å². The summed E-state index contributed by atoms with van der Waals surface area (Å²) in [5.74, 6) is -0.573. The Morgan fingerprint density at radius 2 is 0.941 bits per heavy atom. The second-order valence-corrected chi connectivity index (χ2v) is 10.5. The number of hydrogen-bond donors (Lipinski definition) is 0. The fourth-order valence-electron chi connectivity index (χ4n) is 5.32. The van der Waals surface area contributed by atoms with Gasteiger partial charge < -0.3 is 9.47 Å². The molecule has 2 fully saturated rings. The van der Waals surface area contributed by atoms with Gasteiger partial charge in [-0.1, -0.05) is 63.8 Å². The number of esters is 2. The Morgan fingerprint density at radius 3 is 1.24 bits per heavy atom. The fourth-order valence-corrected chi connectivity index (χ4v) is 5.32. The molecule has 0 aromatic carbocycles. The monoisotopic (exact) mass is 474 g/mol. The van der Waals surface area contributed by atoms with Crippen LogP contribution in [0.4, 0.5) is 0 Å². The summed E-state index contributed by atoms with van der Waals surface area (Å²) in [7, 11) is 0. The summed E-state index contributed by atoms with van der Waals surface area (Å²) in [6.07, 6.45) is 21.9. The van der Waals surface area contributed by atoms with Crippen molar-refractivity contribution < 1.29 is 19.1 Å². The van der Waals surface area contributed by atoms with E-state index in [0.29, 0.717) is 0 Å². The van der Waals surface area contributed by atoms with Gasteiger partial charge in [0.2, 0.25) is 0 Å². The Balaban J connectivity index is 1.87. The van der Waals surface area contributed by atoms with E-state index < -0.39 is 11.2 Å². The minimum Gasteiger partial charge on any atom is -0.459 e. The zero-order chi connectivity index (χ0) is 24.9. The van der Waals surface area contributed by atoms with Gasteiger partial charge in [-0.2, -0.15) is 0 Å². The average molecular weight is 475 g/mol. The highest BCUT2D eigenvalue weighted by Gasteiger charge is 2.32. The molecule has 0 atom stereocenters. The van der Waals surface area contributed by atoms with Crippen molar-refractivity contribution >= 4 is 11.9 Å². The van der Waals surface area contributed by atoms with E-state index >= 15 is 0 Å². The molecule has 0 bridgehead atoms. The van der Waals surface area contributed by atoms with E-state index in [1.165, 1.54) is 75.4 Å². The fraction of sp³-hybridized carbons (Fsp3) is 0.800. The third-order valence-electron chi connectivity index (χ3n) is 8.29. The van der Waals surface area contributed by atoms with Crippen molar-refractivity contribution in [1.82, 2.24) is 0 Å². The minimum absolute atomic E-state index is 0.0851. The largest absolute Gasteiger partial charge is 0.459 e. The molecule has 2 rings (SSSR count). The van der Waals surface area contributed by atoms with Crippen LogP contribution in [-0.2, 0) is 19.1 Å². The van der Waals surface area contributed by atoms with Crippen LogP contribution in [0.5, 0.6) is 0 Å². The molecule has 0 radical (unpaired) electrons. The highest BCUT2D eigenvalue weighted by molar-refractivity contribution is 5.78. The molecule has 0 heterocycles. The van der Waals surface area contributed by atoms with Gasteiger partial charge in [-0.15, -0.1) is 0 Å². The topological polar surface area (TPSA) is 52.6 Å². The van der Waals surface area contributed by atoms with Crippen molar-refractivity contribution in [3.05, 3.63) is 23.3 Å². The molecule has 0 aromatic heterocycles. The molecule has 0 aromatic rings. The normalized spacial score (nSPS) is 17.3. The molecule has 194 valence electrons. The van der Waals surface area contributed by atoms with Gasteiger partial charge in [0.1, 0.15) is 11.2 Å². The Morgan fingerprint density at radius 1 is 0.618 bits per heavy atom. The lowest BCUT2D eigenvalue weighted by atomic mass is 9.88. The summed E-state index contributed by atoms with van der Waals surface area (Å²) in [6, 6.07) is 0. The van der Waals surface area contributed by atoms with Crippen LogP contribution in [0.25, 0.3) is 0 Å². The van der Waals surface area contributed by atoms with Crippen LogP contribution in [-0.4, -0.2) is 23.1 Å². The van der Waals surface area contributed by atoms with Crippen LogP contribution in [0.2, 0.25) is 0 Å². The Labute approximate surface area is 208 Å². The first-order valence-corrected chi connectivity index (χ1v) is 14.2. The maximum absolute atomic E-state index is 12.7. The molecule has 4 heteroatoms. The average Bonchev–Trinajstić information content (AvgIpc) is 2.89. The van der Waals surface area contributed by atoms with Crippen molar-refractivity contribution in [2.45, 2.75) is 154 Å². The molecule has 2 saturated carbocycles. The summed E-state index contributed by atoms with van der Waals surface area (Å²) in [5.41, 5.74) is 2.09. The zero-order valence-electron chi connectivity index (χ0n) is 22.5. The first-order valence-electron chi connectivity index (χ1n) is 14.2. The Hall–Kier alpha value is -1.58. The SMILES string of the molecule is CCC(CC)(CC=C1CCCCC1)OC(=O)CCC(=O)OC(CC)(CC)CC=C1CCCCC1. The van der Waals surface area contributed by atoms with Crippen molar-refractivity contribution in [3.8, 4) is 0 Å². The van der Waals surface area contributed by atoms with Crippen LogP contribution in [0.3, 0.4) is 0 Å². The molecular weight excluding hydrogens is 424 g/mol. The molecular formula is C30H50O4. The highest BCUT2D eigenvalue weighted by atomic mass is 16.6. The van der Waals surface area contributed by atoms with Gasteiger partial charge in [0.25, 0.3) is 0 Å². The first-order chi connectivity index (χ1) is 16.4. The quantitative estimate of drug-likeness (QED) is 0.198. The molecule has 0 saturated heterocycles. The summed E-state index contributed by atoms with van der Waals surface area (Å²) in [5, 5.41) is 0. The predicted octanol–water partition coefficient (Wildman–Crippen LogP) is 8.53. The van der Waals surface area contributed by atoms with Gasteiger partial charge in [-0.3, -0.25) is 9.59 Å². The number of carbonyl (C=O) groups is 2. The summed E-state index contributed by atoms with van der Waals surface area (Å²) in [4.78, 5) is 25.4. The maximum Gasteiger partial charge on any atom is 0.306 e. The van der Waals surface area contributed by atoms with Crippen molar-refractivity contribution in [2.24, 2.45) is 0 Å². The Bertz CT molecular complexity index is 619. The second-order valence-electron chi connectivity index (χ2n) is 10.5. The highest BCUT2D eigenvalue weighted by Crippen LogP contribution is 2.32. The number of rotatable bonds is 13. The van der Waals surface area contributed by atoms with Gasteiger partial charge in [0, 0.05) is 12.8 Å². The van der Waals surface area contributed by atoms with E-state index in [1.54, 1.807) is 0 Å². The van der Waals surface area contributed by atoms with Crippen LogP contribution in [0.15, 0.2) is 23.3 Å². The predicted molar refractivity (Wildman–Crippen MR) is 140 cm³/mol. The molecule has 0 unspecified atom stereocenters. The Kier molecular flexibility index (Phi) is 12.4. The first kappa shape index (κ1) is 28.7. The van der Waals surface area contributed by atoms with E-state index in [2.05, 4.69) is 39.8 Å². The molecule has 2 aliphatic carbocycles. The maximum atomic E-state index is 12.7. The number of allylic oxidation sites excluding steroid dienone is 2. The third kappa shape index (κ3) is 9.23. The van der Waals surface area contributed by atoms with Gasteiger partial charge in [0.05, 0.1) is 12.8 Å². The lowest BCUT2D eigenvalue weighted by molar-refractivity contribution is -0.167. The number of hydrogen-bond acceptors (Lipinski definition) is 4. The van der Waals surface area contributed by atoms with Crippen LogP contribution in [0.1, 0.15) is 143 Å². The minimum atomic E-state index is -0.464. The molecule has 0 spiro atoms. The van der Waals surface area contributed by atoms with E-state index in [4.69, 9.17) is 9.47 Å². The van der Waals surface area contributed by atoms with Crippen LogP contribution < -0.4 is 0 Å². The summed E-state index contributed by atoms with van der Waals surface area (Å²) >= 11 is 0. The van der Waals surface area contributed by atoms with Crippen LogP contribution >= 0.6 is 0 Å². The summed E-state index contributed by atoms with van der Waals surface area (Å²) in [6.45, 7) is 8.34.